The van der Waals surface area contributed by atoms with E-state index in [0.717, 1.165) is 0 Å². The highest BCUT2D eigenvalue weighted by molar-refractivity contribution is 5.87. The number of benzene rings is 1. The van der Waals surface area contributed by atoms with Gasteiger partial charge in [0.1, 0.15) is 0 Å². The van der Waals surface area contributed by atoms with Crippen LogP contribution >= 0.6 is 0 Å². The first-order chi connectivity index (χ1) is 9.65. The van der Waals surface area contributed by atoms with Crippen LogP contribution in [0.25, 0.3) is 0 Å². The molecule has 1 amide bonds. The van der Waals surface area contributed by atoms with Crippen LogP contribution in [0.3, 0.4) is 0 Å². The molecule has 0 N–H and O–H groups in total. The van der Waals surface area contributed by atoms with Crippen molar-refractivity contribution in [2.45, 2.75) is 5.92 Å². The van der Waals surface area contributed by atoms with Crippen molar-refractivity contribution in [1.29, 1.82) is 5.26 Å². The first-order valence-corrected chi connectivity index (χ1v) is 6.14. The Bertz CT molecular complexity index is 561. The van der Waals surface area contributed by atoms with Crippen molar-refractivity contribution in [3.63, 3.8) is 0 Å². The SMILES string of the molecule is N#CC(C(=O)N1CCOCC1)c1ccccc1[N+](=O)[O-]. The molecule has 0 spiro atoms. The van der Waals surface area contributed by atoms with E-state index in [-0.39, 0.29) is 11.3 Å². The zero-order valence-electron chi connectivity index (χ0n) is 10.7. The van der Waals surface area contributed by atoms with E-state index < -0.39 is 16.7 Å². The van der Waals surface area contributed by atoms with Crippen molar-refractivity contribution in [2.75, 3.05) is 26.3 Å². The molecule has 1 atom stereocenters. The molecule has 0 radical (unpaired) electrons. The normalized spacial score (nSPS) is 16.2. The van der Waals surface area contributed by atoms with Crippen LogP contribution in [0.2, 0.25) is 0 Å². The minimum atomic E-state index is -1.16. The van der Waals surface area contributed by atoms with Crippen molar-refractivity contribution in [3.05, 3.63) is 39.9 Å². The van der Waals surface area contributed by atoms with E-state index in [0.29, 0.717) is 26.3 Å². The molecule has 1 saturated heterocycles. The van der Waals surface area contributed by atoms with Crippen molar-refractivity contribution in [1.82, 2.24) is 4.90 Å². The second-order valence-electron chi connectivity index (χ2n) is 4.32. The summed E-state index contributed by atoms with van der Waals surface area (Å²) >= 11 is 0. The Kier molecular flexibility index (Phi) is 4.27. The predicted octanol–water partition coefficient (Wildman–Crippen LogP) is 1.06. The first-order valence-electron chi connectivity index (χ1n) is 6.14. The lowest BCUT2D eigenvalue weighted by atomic mass is 9.97. The van der Waals surface area contributed by atoms with Gasteiger partial charge in [0.15, 0.2) is 5.92 Å². The summed E-state index contributed by atoms with van der Waals surface area (Å²) < 4.78 is 5.15. The number of hydrogen-bond acceptors (Lipinski definition) is 5. The van der Waals surface area contributed by atoms with Gasteiger partial charge in [-0.1, -0.05) is 18.2 Å². The monoisotopic (exact) mass is 275 g/mol. The number of nitrogens with zero attached hydrogens (tertiary/aromatic N) is 3. The summed E-state index contributed by atoms with van der Waals surface area (Å²) in [6.45, 7) is 1.64. The molecule has 0 bridgehead atoms. The predicted molar refractivity (Wildman–Crippen MR) is 68.8 cm³/mol. The summed E-state index contributed by atoms with van der Waals surface area (Å²) in [5.41, 5.74) is -0.0721. The number of carbonyl (C=O) groups excluding carboxylic acids is 1. The second-order valence-corrected chi connectivity index (χ2v) is 4.32. The van der Waals surface area contributed by atoms with E-state index >= 15 is 0 Å². The molecule has 0 aliphatic carbocycles. The van der Waals surface area contributed by atoms with E-state index in [4.69, 9.17) is 4.74 Å². The topological polar surface area (TPSA) is 96.5 Å². The standard InChI is InChI=1S/C13H13N3O4/c14-9-11(13(17)15-5-7-20-8-6-15)10-3-1-2-4-12(10)16(18)19/h1-4,11H,5-8H2. The molecule has 1 unspecified atom stereocenters. The summed E-state index contributed by atoms with van der Waals surface area (Å²) in [6.07, 6.45) is 0. The van der Waals surface area contributed by atoms with E-state index in [1.807, 2.05) is 6.07 Å². The molecule has 0 saturated carbocycles. The average molecular weight is 275 g/mol. The Morgan fingerprint density at radius 1 is 1.40 bits per heavy atom. The summed E-state index contributed by atoms with van der Waals surface area (Å²) in [7, 11) is 0. The van der Waals surface area contributed by atoms with Gasteiger partial charge in [-0.25, -0.2) is 0 Å². The molecule has 2 rings (SSSR count). The van der Waals surface area contributed by atoms with Crippen LogP contribution in [0.1, 0.15) is 11.5 Å². The highest BCUT2D eigenvalue weighted by Crippen LogP contribution is 2.27. The summed E-state index contributed by atoms with van der Waals surface area (Å²) in [4.78, 5) is 24.3. The van der Waals surface area contributed by atoms with Gasteiger partial charge in [-0.3, -0.25) is 14.9 Å². The molecule has 104 valence electrons. The summed E-state index contributed by atoms with van der Waals surface area (Å²) in [5.74, 6) is -1.57. The second kappa shape index (κ2) is 6.12. The smallest absolute Gasteiger partial charge is 0.274 e. The van der Waals surface area contributed by atoms with Crippen LogP contribution in [0.4, 0.5) is 5.69 Å². The van der Waals surface area contributed by atoms with Crippen molar-refractivity contribution in [3.8, 4) is 6.07 Å². The van der Waals surface area contributed by atoms with Crippen LogP contribution in [-0.4, -0.2) is 42.0 Å². The van der Waals surface area contributed by atoms with Crippen LogP contribution in [0.15, 0.2) is 24.3 Å². The molecule has 1 aromatic rings. The average Bonchev–Trinajstić information content (AvgIpc) is 2.49. The molecule has 1 fully saturated rings. The van der Waals surface area contributed by atoms with E-state index in [1.54, 1.807) is 6.07 Å². The molecule has 20 heavy (non-hydrogen) atoms. The minimum absolute atomic E-state index is 0.136. The van der Waals surface area contributed by atoms with Gasteiger partial charge < -0.3 is 9.64 Å². The number of nitro groups is 1. The maximum atomic E-state index is 12.3. The lowest BCUT2D eigenvalue weighted by Crippen LogP contribution is -2.43. The number of hydrogen-bond donors (Lipinski definition) is 0. The van der Waals surface area contributed by atoms with E-state index in [9.17, 15) is 20.2 Å². The van der Waals surface area contributed by atoms with Gasteiger partial charge in [0, 0.05) is 19.2 Å². The number of nitro benzene ring substituents is 1. The number of ether oxygens (including phenoxy) is 1. The molecule has 7 heteroatoms. The highest BCUT2D eigenvalue weighted by atomic mass is 16.6. The number of morpholine rings is 1. The molecule has 1 aliphatic heterocycles. The zero-order chi connectivity index (χ0) is 14.5. The van der Waals surface area contributed by atoms with Crippen molar-refractivity contribution < 1.29 is 14.5 Å². The molecule has 1 aliphatic rings. The van der Waals surface area contributed by atoms with Gasteiger partial charge in [-0.05, 0) is 0 Å². The van der Waals surface area contributed by atoms with Gasteiger partial charge in [0.2, 0.25) is 5.91 Å². The van der Waals surface area contributed by atoms with Gasteiger partial charge in [-0.2, -0.15) is 5.26 Å². The van der Waals surface area contributed by atoms with Gasteiger partial charge in [0.25, 0.3) is 5.69 Å². The number of amides is 1. The summed E-state index contributed by atoms with van der Waals surface area (Å²) in [5, 5.41) is 20.2. The molecular weight excluding hydrogens is 262 g/mol. The fourth-order valence-corrected chi connectivity index (χ4v) is 2.12. The fourth-order valence-electron chi connectivity index (χ4n) is 2.12. The van der Waals surface area contributed by atoms with Crippen LogP contribution in [-0.2, 0) is 9.53 Å². The number of para-hydroxylation sites is 1. The third-order valence-electron chi connectivity index (χ3n) is 3.14. The quantitative estimate of drug-likeness (QED) is 0.607. The van der Waals surface area contributed by atoms with Gasteiger partial charge in [-0.15, -0.1) is 0 Å². The van der Waals surface area contributed by atoms with Crippen LogP contribution in [0, 0.1) is 21.4 Å². The third-order valence-corrected chi connectivity index (χ3v) is 3.14. The Labute approximate surface area is 115 Å². The Morgan fingerprint density at radius 2 is 2.05 bits per heavy atom. The first kappa shape index (κ1) is 14.0. The Morgan fingerprint density at radius 3 is 2.65 bits per heavy atom. The third kappa shape index (κ3) is 2.75. The lowest BCUT2D eigenvalue weighted by Gasteiger charge is -2.28. The van der Waals surface area contributed by atoms with Crippen molar-refractivity contribution >= 4 is 11.6 Å². The maximum absolute atomic E-state index is 12.3. The van der Waals surface area contributed by atoms with Gasteiger partial charge in [0.05, 0.1) is 29.8 Å². The minimum Gasteiger partial charge on any atom is -0.378 e. The molecule has 0 aromatic heterocycles. The summed E-state index contributed by atoms with van der Waals surface area (Å²) in [6, 6.07) is 7.71. The Hall–Kier alpha value is -2.46. The van der Waals surface area contributed by atoms with Crippen molar-refractivity contribution in [2.24, 2.45) is 0 Å². The maximum Gasteiger partial charge on any atom is 0.274 e. The highest BCUT2D eigenvalue weighted by Gasteiger charge is 2.31. The van der Waals surface area contributed by atoms with Gasteiger partial charge >= 0.3 is 0 Å². The Balaban J connectivity index is 2.31. The number of carbonyl (C=O) groups is 1. The van der Waals surface area contributed by atoms with Crippen LogP contribution in [0.5, 0.6) is 0 Å². The molecule has 7 nitrogen and oxygen atoms in total. The number of rotatable bonds is 3. The largest absolute Gasteiger partial charge is 0.378 e. The zero-order valence-corrected chi connectivity index (χ0v) is 10.7. The number of nitriles is 1. The molecule has 1 heterocycles. The van der Waals surface area contributed by atoms with E-state index in [2.05, 4.69) is 0 Å². The van der Waals surface area contributed by atoms with Crippen LogP contribution < -0.4 is 0 Å². The fraction of sp³-hybridized carbons (Fsp3) is 0.385. The molecular formula is C13H13N3O4. The molecule has 1 aromatic carbocycles. The van der Waals surface area contributed by atoms with E-state index in [1.165, 1.54) is 23.1 Å². The lowest BCUT2D eigenvalue weighted by molar-refractivity contribution is -0.385.